The Kier molecular flexibility index (Phi) is 2.92. The monoisotopic (exact) mass is 168 g/mol. The van der Waals surface area contributed by atoms with Crippen molar-refractivity contribution >= 4 is 6.09 Å². The first-order valence-corrected chi connectivity index (χ1v) is 4.11. The van der Waals surface area contributed by atoms with Crippen LogP contribution in [0.25, 0.3) is 0 Å². The van der Waals surface area contributed by atoms with Gasteiger partial charge in [0.2, 0.25) is 0 Å². The van der Waals surface area contributed by atoms with Crippen LogP contribution >= 0.6 is 0 Å². The SMILES string of the molecule is N#CC1CCC(NC(=O)O)CC1. The number of nitrogens with one attached hydrogen (secondary N) is 1. The average molecular weight is 168 g/mol. The second kappa shape index (κ2) is 3.96. The van der Waals surface area contributed by atoms with E-state index in [1.807, 2.05) is 0 Å². The number of amides is 1. The summed E-state index contributed by atoms with van der Waals surface area (Å²) in [6, 6.07) is 2.26. The van der Waals surface area contributed by atoms with Gasteiger partial charge in [0.1, 0.15) is 0 Å². The Hall–Kier alpha value is -1.24. The van der Waals surface area contributed by atoms with Crippen molar-refractivity contribution < 1.29 is 9.90 Å². The van der Waals surface area contributed by atoms with Crippen LogP contribution in [-0.4, -0.2) is 17.2 Å². The van der Waals surface area contributed by atoms with E-state index in [9.17, 15) is 4.79 Å². The zero-order chi connectivity index (χ0) is 8.97. The predicted octanol–water partition coefficient (Wildman–Crippen LogP) is 1.34. The maximum Gasteiger partial charge on any atom is 0.404 e. The van der Waals surface area contributed by atoms with Crippen molar-refractivity contribution in [3.63, 3.8) is 0 Å². The van der Waals surface area contributed by atoms with Crippen molar-refractivity contribution in [2.75, 3.05) is 0 Å². The van der Waals surface area contributed by atoms with Gasteiger partial charge in [-0.1, -0.05) is 0 Å². The fourth-order valence-corrected chi connectivity index (χ4v) is 1.54. The van der Waals surface area contributed by atoms with Crippen LogP contribution in [0, 0.1) is 17.2 Å². The minimum Gasteiger partial charge on any atom is -0.465 e. The third-order valence-corrected chi connectivity index (χ3v) is 2.24. The fourth-order valence-electron chi connectivity index (χ4n) is 1.54. The molecule has 0 aromatic heterocycles. The van der Waals surface area contributed by atoms with E-state index in [0.29, 0.717) is 0 Å². The summed E-state index contributed by atoms with van der Waals surface area (Å²) >= 11 is 0. The Balaban J connectivity index is 2.27. The number of hydrogen-bond acceptors (Lipinski definition) is 2. The molecular formula is C8H12N2O2. The number of rotatable bonds is 1. The summed E-state index contributed by atoms with van der Waals surface area (Å²) in [7, 11) is 0. The predicted molar refractivity (Wildman–Crippen MR) is 42.5 cm³/mol. The third kappa shape index (κ3) is 2.42. The van der Waals surface area contributed by atoms with E-state index in [1.165, 1.54) is 0 Å². The van der Waals surface area contributed by atoms with E-state index in [4.69, 9.17) is 10.4 Å². The lowest BCUT2D eigenvalue weighted by molar-refractivity contribution is 0.184. The number of hydrogen-bond donors (Lipinski definition) is 2. The lowest BCUT2D eigenvalue weighted by Crippen LogP contribution is -2.36. The van der Waals surface area contributed by atoms with Crippen LogP contribution in [0.15, 0.2) is 0 Å². The van der Waals surface area contributed by atoms with Gasteiger partial charge in [0.25, 0.3) is 0 Å². The summed E-state index contributed by atoms with van der Waals surface area (Å²) in [5.41, 5.74) is 0. The van der Waals surface area contributed by atoms with Gasteiger partial charge in [0.15, 0.2) is 0 Å². The van der Waals surface area contributed by atoms with Gasteiger partial charge in [-0.3, -0.25) is 0 Å². The molecule has 1 rings (SSSR count). The molecule has 0 aliphatic heterocycles. The van der Waals surface area contributed by atoms with Crippen LogP contribution in [-0.2, 0) is 0 Å². The zero-order valence-corrected chi connectivity index (χ0v) is 6.79. The quantitative estimate of drug-likeness (QED) is 0.620. The largest absolute Gasteiger partial charge is 0.465 e. The van der Waals surface area contributed by atoms with Gasteiger partial charge >= 0.3 is 6.09 Å². The molecule has 0 unspecified atom stereocenters. The topological polar surface area (TPSA) is 73.1 Å². The van der Waals surface area contributed by atoms with Crippen molar-refractivity contribution in [1.29, 1.82) is 5.26 Å². The van der Waals surface area contributed by atoms with Crippen LogP contribution in [0.2, 0.25) is 0 Å². The maximum absolute atomic E-state index is 10.2. The third-order valence-electron chi connectivity index (χ3n) is 2.24. The molecule has 0 aromatic rings. The molecule has 0 aromatic carbocycles. The van der Waals surface area contributed by atoms with E-state index >= 15 is 0 Å². The lowest BCUT2D eigenvalue weighted by Gasteiger charge is -2.24. The summed E-state index contributed by atoms with van der Waals surface area (Å²) in [5.74, 6) is 0.136. The van der Waals surface area contributed by atoms with Gasteiger partial charge in [-0.05, 0) is 25.7 Å². The molecule has 1 fully saturated rings. The van der Waals surface area contributed by atoms with Gasteiger partial charge < -0.3 is 10.4 Å². The summed E-state index contributed by atoms with van der Waals surface area (Å²) in [6.45, 7) is 0. The van der Waals surface area contributed by atoms with Crippen molar-refractivity contribution in [2.24, 2.45) is 5.92 Å². The summed E-state index contributed by atoms with van der Waals surface area (Å²) in [5, 5.41) is 19.4. The molecule has 0 heterocycles. The highest BCUT2D eigenvalue weighted by Gasteiger charge is 2.21. The van der Waals surface area contributed by atoms with Crippen LogP contribution in [0.4, 0.5) is 4.79 Å². The van der Waals surface area contributed by atoms with Crippen LogP contribution < -0.4 is 5.32 Å². The molecule has 12 heavy (non-hydrogen) atoms. The van der Waals surface area contributed by atoms with Gasteiger partial charge in [0.05, 0.1) is 6.07 Å². The Morgan fingerprint density at radius 3 is 2.42 bits per heavy atom. The number of nitrogens with zero attached hydrogens (tertiary/aromatic N) is 1. The zero-order valence-electron chi connectivity index (χ0n) is 6.79. The first-order chi connectivity index (χ1) is 5.72. The van der Waals surface area contributed by atoms with E-state index in [0.717, 1.165) is 25.7 Å². The van der Waals surface area contributed by atoms with Crippen LogP contribution in [0.1, 0.15) is 25.7 Å². The fraction of sp³-hybridized carbons (Fsp3) is 0.750. The van der Waals surface area contributed by atoms with Crippen LogP contribution in [0.3, 0.4) is 0 Å². The van der Waals surface area contributed by atoms with Gasteiger partial charge in [-0.25, -0.2) is 4.79 Å². The highest BCUT2D eigenvalue weighted by molar-refractivity contribution is 5.64. The molecule has 1 saturated carbocycles. The minimum absolute atomic E-state index is 0.0621. The molecule has 1 aliphatic rings. The van der Waals surface area contributed by atoms with Gasteiger partial charge in [-0.2, -0.15) is 5.26 Å². The molecular weight excluding hydrogens is 156 g/mol. The van der Waals surface area contributed by atoms with Gasteiger partial charge in [0, 0.05) is 12.0 Å². The Labute approximate surface area is 71.2 Å². The summed E-state index contributed by atoms with van der Waals surface area (Å²) in [6.07, 6.45) is 2.27. The molecule has 0 saturated heterocycles. The van der Waals surface area contributed by atoms with Crippen molar-refractivity contribution in [3.05, 3.63) is 0 Å². The molecule has 1 amide bonds. The number of nitriles is 1. The highest BCUT2D eigenvalue weighted by atomic mass is 16.4. The molecule has 4 nitrogen and oxygen atoms in total. The van der Waals surface area contributed by atoms with Crippen molar-refractivity contribution in [2.45, 2.75) is 31.7 Å². The Bertz CT molecular complexity index is 202. The maximum atomic E-state index is 10.2. The summed E-state index contributed by atoms with van der Waals surface area (Å²) in [4.78, 5) is 10.2. The highest BCUT2D eigenvalue weighted by Crippen LogP contribution is 2.23. The first-order valence-electron chi connectivity index (χ1n) is 4.11. The van der Waals surface area contributed by atoms with Gasteiger partial charge in [-0.15, -0.1) is 0 Å². The molecule has 1 aliphatic carbocycles. The molecule has 0 bridgehead atoms. The second-order valence-corrected chi connectivity index (χ2v) is 3.13. The Morgan fingerprint density at radius 2 is 2.00 bits per heavy atom. The van der Waals surface area contributed by atoms with Crippen molar-refractivity contribution in [3.8, 4) is 6.07 Å². The Morgan fingerprint density at radius 1 is 1.42 bits per heavy atom. The molecule has 4 heteroatoms. The normalized spacial score (nSPS) is 28.9. The lowest BCUT2D eigenvalue weighted by atomic mass is 9.87. The summed E-state index contributed by atoms with van der Waals surface area (Å²) < 4.78 is 0. The standard InChI is InChI=1S/C8H12N2O2/c9-5-6-1-3-7(4-2-6)10-8(11)12/h6-7,10H,1-4H2,(H,11,12). The molecule has 66 valence electrons. The van der Waals surface area contributed by atoms with E-state index < -0.39 is 6.09 Å². The van der Waals surface area contributed by atoms with Crippen molar-refractivity contribution in [1.82, 2.24) is 5.32 Å². The first kappa shape index (κ1) is 8.85. The van der Waals surface area contributed by atoms with E-state index in [1.54, 1.807) is 0 Å². The molecule has 0 atom stereocenters. The number of carbonyl (C=O) groups is 1. The molecule has 2 N–H and O–H groups in total. The number of carboxylic acid groups (broad SMARTS) is 1. The van der Waals surface area contributed by atoms with E-state index in [-0.39, 0.29) is 12.0 Å². The molecule has 0 radical (unpaired) electrons. The smallest absolute Gasteiger partial charge is 0.404 e. The average Bonchev–Trinajstić information content (AvgIpc) is 2.05. The molecule has 0 spiro atoms. The second-order valence-electron chi connectivity index (χ2n) is 3.13. The minimum atomic E-state index is -0.963. The van der Waals surface area contributed by atoms with E-state index in [2.05, 4.69) is 11.4 Å². The van der Waals surface area contributed by atoms with Crippen LogP contribution in [0.5, 0.6) is 0 Å².